The molecule has 2 fully saturated rings. The number of nitrogens with two attached hydrogens (primary N) is 1. The highest BCUT2D eigenvalue weighted by atomic mass is 32.2. The second-order valence-electron chi connectivity index (χ2n) is 7.95. The number of carbonyl (C=O) groups is 1. The Hall–Kier alpha value is -2.22. The number of sulfonamides is 1. The molecule has 0 radical (unpaired) electrons. The third kappa shape index (κ3) is 3.34. The number of primary sulfonamides is 1. The van der Waals surface area contributed by atoms with Crippen LogP contribution in [0, 0.1) is 18.8 Å². The molecular weight excluding hydrogens is 374 g/mol. The Morgan fingerprint density at radius 2 is 1.79 bits per heavy atom. The summed E-state index contributed by atoms with van der Waals surface area (Å²) in [4.78, 5) is 17.4. The fraction of sp³-hybridized carbons (Fsp3) is 0.381. The van der Waals surface area contributed by atoms with Gasteiger partial charge in [0.25, 0.3) is 5.91 Å². The molecule has 0 aromatic heterocycles. The zero-order chi connectivity index (χ0) is 20.1. The van der Waals surface area contributed by atoms with E-state index in [9.17, 15) is 13.2 Å². The van der Waals surface area contributed by atoms with E-state index in [4.69, 9.17) is 5.14 Å². The summed E-state index contributed by atoms with van der Waals surface area (Å²) in [6.07, 6.45) is 0. The van der Waals surface area contributed by atoms with Crippen LogP contribution in [0.25, 0.3) is 0 Å². The van der Waals surface area contributed by atoms with Gasteiger partial charge in [0.15, 0.2) is 0 Å². The van der Waals surface area contributed by atoms with Gasteiger partial charge in [-0.2, -0.15) is 0 Å². The molecule has 2 aliphatic rings. The summed E-state index contributed by atoms with van der Waals surface area (Å²) >= 11 is 0. The van der Waals surface area contributed by atoms with Crippen LogP contribution in [0.2, 0.25) is 0 Å². The highest BCUT2D eigenvalue weighted by Crippen LogP contribution is 2.44. The van der Waals surface area contributed by atoms with Gasteiger partial charge in [-0.1, -0.05) is 36.4 Å². The molecule has 1 amide bonds. The van der Waals surface area contributed by atoms with Gasteiger partial charge in [0, 0.05) is 37.2 Å². The summed E-state index contributed by atoms with van der Waals surface area (Å²) in [5, 5.41) is 5.24. The first kappa shape index (κ1) is 19.1. The summed E-state index contributed by atoms with van der Waals surface area (Å²) in [5.74, 6) is 0.672. The fourth-order valence-corrected chi connectivity index (χ4v) is 5.29. The van der Waals surface area contributed by atoms with E-state index in [-0.39, 0.29) is 10.8 Å². The molecule has 2 aromatic rings. The van der Waals surface area contributed by atoms with Crippen LogP contribution >= 0.6 is 0 Å². The maximum atomic E-state index is 13.2. The summed E-state index contributed by atoms with van der Waals surface area (Å²) in [6.45, 7) is 4.13. The first-order chi connectivity index (χ1) is 13.3. The number of likely N-dealkylation sites (tertiary alicyclic amines) is 2. The Bertz CT molecular complexity index is 1010. The lowest BCUT2D eigenvalue weighted by Gasteiger charge is -2.27. The van der Waals surface area contributed by atoms with Gasteiger partial charge >= 0.3 is 0 Å². The maximum Gasteiger partial charge on any atom is 0.254 e. The number of aryl methyl sites for hydroxylation is 1. The second kappa shape index (κ2) is 6.99. The van der Waals surface area contributed by atoms with Crippen molar-refractivity contribution in [2.45, 2.75) is 17.9 Å². The van der Waals surface area contributed by atoms with Crippen LogP contribution in [0.3, 0.4) is 0 Å². The van der Waals surface area contributed by atoms with Crippen molar-refractivity contribution >= 4 is 15.9 Å². The highest BCUT2D eigenvalue weighted by Gasteiger charge is 2.47. The molecule has 2 aromatic carbocycles. The van der Waals surface area contributed by atoms with Gasteiger partial charge in [-0.15, -0.1) is 0 Å². The van der Waals surface area contributed by atoms with E-state index in [1.54, 1.807) is 6.07 Å². The first-order valence-electron chi connectivity index (χ1n) is 9.43. The Kier molecular flexibility index (Phi) is 4.77. The number of hydrogen-bond donors (Lipinski definition) is 1. The molecular formula is C21H25N3O3S. The van der Waals surface area contributed by atoms with Crippen LogP contribution < -0.4 is 5.14 Å². The van der Waals surface area contributed by atoms with Gasteiger partial charge < -0.3 is 4.90 Å². The number of hydrogen-bond acceptors (Lipinski definition) is 4. The van der Waals surface area contributed by atoms with Crippen molar-refractivity contribution in [1.82, 2.24) is 9.80 Å². The van der Waals surface area contributed by atoms with Crippen LogP contribution in [0.5, 0.6) is 0 Å². The van der Waals surface area contributed by atoms with Crippen LogP contribution in [-0.4, -0.2) is 50.8 Å². The molecule has 7 heteroatoms. The van der Waals surface area contributed by atoms with E-state index >= 15 is 0 Å². The SMILES string of the molecule is Cc1ccc(S(N)(=O)=O)cc1C(=O)N1C[C@@H]2CN(C)[C@@H](c3ccccc3)[C@@H]2C1. The number of carbonyl (C=O) groups excluding carboxylic acids is 1. The molecule has 148 valence electrons. The summed E-state index contributed by atoms with van der Waals surface area (Å²) < 4.78 is 23.4. The summed E-state index contributed by atoms with van der Waals surface area (Å²) in [5.41, 5.74) is 2.45. The zero-order valence-corrected chi connectivity index (χ0v) is 16.9. The first-order valence-corrected chi connectivity index (χ1v) is 11.0. The van der Waals surface area contributed by atoms with Gasteiger partial charge in [0.2, 0.25) is 10.0 Å². The number of fused-ring (bicyclic) bond motifs is 1. The van der Waals surface area contributed by atoms with E-state index in [1.807, 2.05) is 17.9 Å². The number of nitrogens with zero attached hydrogens (tertiary/aromatic N) is 2. The molecule has 0 aliphatic carbocycles. The lowest BCUT2D eigenvalue weighted by molar-refractivity contribution is 0.0767. The molecule has 6 nitrogen and oxygen atoms in total. The minimum Gasteiger partial charge on any atom is -0.338 e. The van der Waals surface area contributed by atoms with Crippen molar-refractivity contribution in [3.63, 3.8) is 0 Å². The molecule has 3 atom stereocenters. The maximum absolute atomic E-state index is 13.2. The molecule has 0 saturated carbocycles. The van der Waals surface area contributed by atoms with Gasteiger partial charge in [-0.25, -0.2) is 13.6 Å². The predicted octanol–water partition coefficient (Wildman–Crippen LogP) is 2.02. The monoisotopic (exact) mass is 399 g/mol. The van der Waals surface area contributed by atoms with Gasteiger partial charge in [0.1, 0.15) is 0 Å². The van der Waals surface area contributed by atoms with Crippen molar-refractivity contribution < 1.29 is 13.2 Å². The minimum atomic E-state index is -3.84. The van der Waals surface area contributed by atoms with Crippen molar-refractivity contribution in [3.8, 4) is 0 Å². The fourth-order valence-electron chi connectivity index (χ4n) is 4.75. The third-order valence-electron chi connectivity index (χ3n) is 6.09. The van der Waals surface area contributed by atoms with E-state index in [2.05, 4.69) is 36.2 Å². The number of rotatable bonds is 3. The predicted molar refractivity (Wildman–Crippen MR) is 107 cm³/mol. The van der Waals surface area contributed by atoms with Crippen LogP contribution in [0.15, 0.2) is 53.4 Å². The second-order valence-corrected chi connectivity index (χ2v) is 9.51. The van der Waals surface area contributed by atoms with Crippen molar-refractivity contribution in [1.29, 1.82) is 0 Å². The molecule has 2 aliphatic heterocycles. The summed E-state index contributed by atoms with van der Waals surface area (Å²) in [7, 11) is -1.70. The largest absolute Gasteiger partial charge is 0.338 e. The van der Waals surface area contributed by atoms with Crippen molar-refractivity contribution in [3.05, 3.63) is 65.2 Å². The molecule has 28 heavy (non-hydrogen) atoms. The smallest absolute Gasteiger partial charge is 0.254 e. The molecule has 2 N–H and O–H groups in total. The van der Waals surface area contributed by atoms with Crippen LogP contribution in [0.1, 0.15) is 27.5 Å². The molecule has 0 spiro atoms. The molecule has 0 bridgehead atoms. The van der Waals surface area contributed by atoms with Crippen molar-refractivity contribution in [2.75, 3.05) is 26.7 Å². The molecule has 2 saturated heterocycles. The number of amides is 1. The van der Waals surface area contributed by atoms with E-state index in [0.717, 1.165) is 12.1 Å². The lowest BCUT2D eigenvalue weighted by Crippen LogP contribution is -2.34. The normalized spacial score (nSPS) is 25.1. The Labute approximate surface area is 166 Å². The summed E-state index contributed by atoms with van der Waals surface area (Å²) in [6, 6.07) is 15.2. The molecule has 2 heterocycles. The van der Waals surface area contributed by atoms with E-state index in [0.29, 0.717) is 36.5 Å². The topological polar surface area (TPSA) is 83.7 Å². The van der Waals surface area contributed by atoms with Crippen LogP contribution in [0.4, 0.5) is 0 Å². The number of benzene rings is 2. The molecule has 0 unspecified atom stereocenters. The Morgan fingerprint density at radius 3 is 2.46 bits per heavy atom. The quantitative estimate of drug-likeness (QED) is 0.856. The Balaban J connectivity index is 1.59. The lowest BCUT2D eigenvalue weighted by atomic mass is 9.90. The minimum absolute atomic E-state index is 0.0252. The Morgan fingerprint density at radius 1 is 1.07 bits per heavy atom. The van der Waals surface area contributed by atoms with Crippen LogP contribution in [-0.2, 0) is 10.0 Å². The van der Waals surface area contributed by atoms with E-state index < -0.39 is 10.0 Å². The standard InChI is InChI=1S/C21H25N3O3S/c1-14-8-9-17(28(22,26)27)10-18(14)21(25)24-12-16-11-23(2)20(19(16)13-24)15-6-4-3-5-7-15/h3-10,16,19-20H,11-13H2,1-2H3,(H2,22,26,27)/t16-,19+,20-/m0/s1. The van der Waals surface area contributed by atoms with Gasteiger partial charge in [-0.05, 0) is 43.1 Å². The van der Waals surface area contributed by atoms with Gasteiger partial charge in [0.05, 0.1) is 4.90 Å². The van der Waals surface area contributed by atoms with Gasteiger partial charge in [-0.3, -0.25) is 9.69 Å². The zero-order valence-electron chi connectivity index (χ0n) is 16.1. The van der Waals surface area contributed by atoms with Crippen molar-refractivity contribution in [2.24, 2.45) is 17.0 Å². The average Bonchev–Trinajstić information content (AvgIpc) is 3.17. The molecule has 4 rings (SSSR count). The third-order valence-corrected chi connectivity index (χ3v) is 7.00. The average molecular weight is 400 g/mol. The van der Waals surface area contributed by atoms with E-state index in [1.165, 1.54) is 17.7 Å². The highest BCUT2D eigenvalue weighted by molar-refractivity contribution is 7.89.